The van der Waals surface area contributed by atoms with Gasteiger partial charge in [-0.3, -0.25) is 14.5 Å². The number of amides is 2. The van der Waals surface area contributed by atoms with Gasteiger partial charge in [0, 0.05) is 16.6 Å². The maximum Gasteiger partial charge on any atom is 0.418 e. The SMILES string of the molecule is C[C@H](C(=O)Nc1ccc(Cl)cc1C(F)(F)F)N1CCC(C(=O)Nc2ccccc2)CC1. The molecular weight excluding hydrogens is 431 g/mol. The van der Waals surface area contributed by atoms with Crippen LogP contribution in [0.2, 0.25) is 5.02 Å². The van der Waals surface area contributed by atoms with Crippen molar-refractivity contribution in [1.29, 1.82) is 0 Å². The van der Waals surface area contributed by atoms with Crippen molar-refractivity contribution in [3.05, 3.63) is 59.1 Å². The Hall–Kier alpha value is -2.58. The van der Waals surface area contributed by atoms with Crippen LogP contribution in [0.15, 0.2) is 48.5 Å². The molecule has 1 aliphatic rings. The highest BCUT2D eigenvalue weighted by molar-refractivity contribution is 6.30. The molecule has 5 nitrogen and oxygen atoms in total. The Morgan fingerprint density at radius 1 is 1.06 bits per heavy atom. The van der Waals surface area contributed by atoms with Crippen LogP contribution >= 0.6 is 11.6 Å². The molecule has 1 aliphatic heterocycles. The van der Waals surface area contributed by atoms with E-state index in [4.69, 9.17) is 11.6 Å². The quantitative estimate of drug-likeness (QED) is 0.667. The van der Waals surface area contributed by atoms with Gasteiger partial charge < -0.3 is 10.6 Å². The second-order valence-corrected chi connectivity index (χ2v) is 7.95. The van der Waals surface area contributed by atoms with Crippen LogP contribution in [0.5, 0.6) is 0 Å². The van der Waals surface area contributed by atoms with Crippen LogP contribution in [0.1, 0.15) is 25.3 Å². The molecule has 2 aromatic rings. The van der Waals surface area contributed by atoms with E-state index in [2.05, 4.69) is 10.6 Å². The third kappa shape index (κ3) is 5.98. The second kappa shape index (κ2) is 9.70. The normalized spacial score (nSPS) is 16.5. The smallest absolute Gasteiger partial charge is 0.326 e. The topological polar surface area (TPSA) is 61.4 Å². The standard InChI is InChI=1S/C22H23ClF3N3O2/c1-14(20(30)28-19-8-7-16(23)13-18(19)22(24,25)26)29-11-9-15(10-12-29)21(31)27-17-5-3-2-4-6-17/h2-8,13-15H,9-12H2,1H3,(H,27,31)(H,28,30)/t14-/m1/s1. The Labute approximate surface area is 183 Å². The summed E-state index contributed by atoms with van der Waals surface area (Å²) in [4.78, 5) is 26.9. The fraction of sp³-hybridized carbons (Fsp3) is 0.364. The zero-order valence-electron chi connectivity index (χ0n) is 16.9. The highest BCUT2D eigenvalue weighted by atomic mass is 35.5. The van der Waals surface area contributed by atoms with E-state index in [1.807, 2.05) is 35.2 Å². The Bertz CT molecular complexity index is 929. The fourth-order valence-electron chi connectivity index (χ4n) is 3.58. The lowest BCUT2D eigenvalue weighted by Crippen LogP contribution is -2.47. The van der Waals surface area contributed by atoms with Crippen molar-refractivity contribution in [3.8, 4) is 0 Å². The fourth-order valence-corrected chi connectivity index (χ4v) is 3.75. The first-order valence-corrected chi connectivity index (χ1v) is 10.3. The number of carbonyl (C=O) groups excluding carboxylic acids is 2. The molecule has 1 heterocycles. The molecule has 0 bridgehead atoms. The number of nitrogens with zero attached hydrogens (tertiary/aromatic N) is 1. The molecule has 0 unspecified atom stereocenters. The Kier molecular flexibility index (Phi) is 7.23. The lowest BCUT2D eigenvalue weighted by Gasteiger charge is -2.34. The van der Waals surface area contributed by atoms with E-state index in [9.17, 15) is 22.8 Å². The number of piperidine rings is 1. The van der Waals surface area contributed by atoms with Crippen molar-refractivity contribution in [2.24, 2.45) is 5.92 Å². The highest BCUT2D eigenvalue weighted by Crippen LogP contribution is 2.36. The third-order valence-electron chi connectivity index (χ3n) is 5.41. The summed E-state index contributed by atoms with van der Waals surface area (Å²) in [7, 11) is 0. The lowest BCUT2D eigenvalue weighted by atomic mass is 9.94. The highest BCUT2D eigenvalue weighted by Gasteiger charge is 2.35. The number of halogens is 4. The Morgan fingerprint density at radius 3 is 2.32 bits per heavy atom. The van der Waals surface area contributed by atoms with Gasteiger partial charge in [0.05, 0.1) is 17.3 Å². The first-order chi connectivity index (χ1) is 14.6. The van der Waals surface area contributed by atoms with E-state index >= 15 is 0 Å². The van der Waals surface area contributed by atoms with Gasteiger partial charge in [-0.1, -0.05) is 29.8 Å². The van der Waals surface area contributed by atoms with Gasteiger partial charge in [-0.25, -0.2) is 0 Å². The monoisotopic (exact) mass is 453 g/mol. The Morgan fingerprint density at radius 2 is 1.71 bits per heavy atom. The van der Waals surface area contributed by atoms with Crippen LogP contribution in [0.4, 0.5) is 24.5 Å². The van der Waals surface area contributed by atoms with Crippen LogP contribution in [-0.4, -0.2) is 35.8 Å². The number of hydrogen-bond acceptors (Lipinski definition) is 3. The van der Waals surface area contributed by atoms with Gasteiger partial charge >= 0.3 is 6.18 Å². The molecule has 0 spiro atoms. The number of rotatable bonds is 5. The molecule has 9 heteroatoms. The minimum Gasteiger partial charge on any atom is -0.326 e. The van der Waals surface area contributed by atoms with E-state index < -0.39 is 23.7 Å². The van der Waals surface area contributed by atoms with Crippen LogP contribution in [0.25, 0.3) is 0 Å². The van der Waals surface area contributed by atoms with Gasteiger partial charge in [-0.05, 0) is 63.2 Å². The van der Waals surface area contributed by atoms with Crippen molar-refractivity contribution in [3.63, 3.8) is 0 Å². The summed E-state index contributed by atoms with van der Waals surface area (Å²) in [6, 6.07) is 11.8. The predicted octanol–water partition coefficient (Wildman–Crippen LogP) is 5.04. The van der Waals surface area contributed by atoms with Gasteiger partial charge in [0.25, 0.3) is 0 Å². The minimum atomic E-state index is -4.64. The molecule has 0 aliphatic carbocycles. The molecule has 1 fully saturated rings. The van der Waals surface area contributed by atoms with Gasteiger partial charge in [-0.2, -0.15) is 13.2 Å². The van der Waals surface area contributed by atoms with Crippen molar-refractivity contribution < 1.29 is 22.8 Å². The zero-order valence-corrected chi connectivity index (χ0v) is 17.6. The first kappa shape index (κ1) is 23.1. The molecule has 1 atom stereocenters. The molecule has 0 saturated carbocycles. The van der Waals surface area contributed by atoms with E-state index in [0.717, 1.165) is 17.8 Å². The second-order valence-electron chi connectivity index (χ2n) is 7.52. The maximum absolute atomic E-state index is 13.3. The average Bonchev–Trinajstić information content (AvgIpc) is 2.74. The minimum absolute atomic E-state index is 0.0609. The van der Waals surface area contributed by atoms with Gasteiger partial charge in [0.2, 0.25) is 11.8 Å². The largest absolute Gasteiger partial charge is 0.418 e. The van der Waals surface area contributed by atoms with Crippen LogP contribution < -0.4 is 10.6 Å². The van der Waals surface area contributed by atoms with Crippen LogP contribution in [0, 0.1) is 5.92 Å². The summed E-state index contributed by atoms with van der Waals surface area (Å²) >= 11 is 5.68. The number of anilines is 2. The summed E-state index contributed by atoms with van der Waals surface area (Å²) in [5.41, 5.74) is -0.589. The molecule has 2 N–H and O–H groups in total. The molecule has 166 valence electrons. The number of para-hydroxylation sites is 1. The molecule has 0 radical (unpaired) electrons. The van der Waals surface area contributed by atoms with Crippen molar-refractivity contribution >= 4 is 34.8 Å². The molecule has 1 saturated heterocycles. The summed E-state index contributed by atoms with van der Waals surface area (Å²) < 4.78 is 39.8. The number of alkyl halides is 3. The van der Waals surface area contributed by atoms with Crippen molar-refractivity contribution in [2.45, 2.75) is 32.0 Å². The van der Waals surface area contributed by atoms with Crippen LogP contribution in [-0.2, 0) is 15.8 Å². The molecule has 31 heavy (non-hydrogen) atoms. The summed E-state index contributed by atoms with van der Waals surface area (Å²) in [5.74, 6) is -0.793. The molecule has 2 aromatic carbocycles. The van der Waals surface area contributed by atoms with E-state index in [1.54, 1.807) is 6.92 Å². The van der Waals surface area contributed by atoms with Gasteiger partial charge in [0.1, 0.15) is 0 Å². The molecular formula is C22H23ClF3N3O2. The number of benzene rings is 2. The maximum atomic E-state index is 13.3. The molecule has 2 amide bonds. The molecule has 0 aromatic heterocycles. The van der Waals surface area contributed by atoms with E-state index in [0.29, 0.717) is 25.9 Å². The van der Waals surface area contributed by atoms with Crippen molar-refractivity contribution in [2.75, 3.05) is 23.7 Å². The van der Waals surface area contributed by atoms with E-state index in [-0.39, 0.29) is 22.5 Å². The first-order valence-electron chi connectivity index (χ1n) is 9.92. The number of hydrogen-bond donors (Lipinski definition) is 2. The number of nitrogens with one attached hydrogen (secondary N) is 2. The lowest BCUT2D eigenvalue weighted by molar-refractivity contribution is -0.137. The summed E-state index contributed by atoms with van der Waals surface area (Å²) in [5, 5.41) is 5.19. The van der Waals surface area contributed by atoms with E-state index in [1.165, 1.54) is 6.07 Å². The van der Waals surface area contributed by atoms with Crippen molar-refractivity contribution in [1.82, 2.24) is 4.90 Å². The molecule has 3 rings (SSSR count). The van der Waals surface area contributed by atoms with Crippen LogP contribution in [0.3, 0.4) is 0 Å². The zero-order chi connectivity index (χ0) is 22.6. The van der Waals surface area contributed by atoms with Gasteiger partial charge in [-0.15, -0.1) is 0 Å². The Balaban J connectivity index is 1.57. The number of carbonyl (C=O) groups is 2. The summed E-state index contributed by atoms with van der Waals surface area (Å²) in [6.45, 7) is 2.63. The third-order valence-corrected chi connectivity index (χ3v) is 5.65. The van der Waals surface area contributed by atoms with Gasteiger partial charge in [0.15, 0.2) is 0 Å². The average molecular weight is 454 g/mol. The predicted molar refractivity (Wildman–Crippen MR) is 114 cm³/mol. The summed E-state index contributed by atoms with van der Waals surface area (Å²) in [6.07, 6.45) is -3.52. The number of likely N-dealkylation sites (tertiary alicyclic amines) is 1.